The second-order valence-electron chi connectivity index (χ2n) is 5.52. The van der Waals surface area contributed by atoms with Gasteiger partial charge in [0.2, 0.25) is 0 Å². The van der Waals surface area contributed by atoms with E-state index >= 15 is 0 Å². The van der Waals surface area contributed by atoms with Crippen molar-refractivity contribution < 1.29 is 8.78 Å². The van der Waals surface area contributed by atoms with E-state index in [0.717, 1.165) is 18.4 Å². The molecule has 0 aliphatic heterocycles. The van der Waals surface area contributed by atoms with Crippen molar-refractivity contribution in [3.63, 3.8) is 0 Å². The Balaban J connectivity index is 1.99. The van der Waals surface area contributed by atoms with Gasteiger partial charge in [-0.3, -0.25) is 0 Å². The molecule has 0 bridgehead atoms. The third-order valence-corrected chi connectivity index (χ3v) is 4.15. The van der Waals surface area contributed by atoms with Crippen LogP contribution in [-0.4, -0.2) is 0 Å². The molecule has 1 aliphatic rings. The van der Waals surface area contributed by atoms with Gasteiger partial charge in [-0.05, 0) is 55.2 Å². The highest BCUT2D eigenvalue weighted by molar-refractivity contribution is 6.30. The molecule has 0 fully saturated rings. The lowest BCUT2D eigenvalue weighted by molar-refractivity contribution is 0.621. The van der Waals surface area contributed by atoms with Gasteiger partial charge < -0.3 is 0 Å². The summed E-state index contributed by atoms with van der Waals surface area (Å²) in [6, 6.07) is 9.25. The molecule has 0 atom stereocenters. The SMILES string of the molecule is CC1=CC=C(c2ccc(-c3ccc(Cl)cc3F)cc2F)CC1. The van der Waals surface area contributed by atoms with Gasteiger partial charge in [0.05, 0.1) is 0 Å². The first kappa shape index (κ1) is 15.0. The number of rotatable bonds is 2. The quantitative estimate of drug-likeness (QED) is 0.600. The highest BCUT2D eigenvalue weighted by Crippen LogP contribution is 2.32. The molecule has 2 aromatic rings. The monoisotopic (exact) mass is 316 g/mol. The van der Waals surface area contributed by atoms with Gasteiger partial charge in [-0.15, -0.1) is 0 Å². The van der Waals surface area contributed by atoms with Crippen LogP contribution < -0.4 is 0 Å². The van der Waals surface area contributed by atoms with Gasteiger partial charge in [0.15, 0.2) is 0 Å². The zero-order chi connectivity index (χ0) is 15.7. The molecule has 0 aromatic heterocycles. The van der Waals surface area contributed by atoms with Crippen molar-refractivity contribution in [2.45, 2.75) is 19.8 Å². The fourth-order valence-electron chi connectivity index (χ4n) is 2.63. The topological polar surface area (TPSA) is 0 Å². The number of halogens is 3. The van der Waals surface area contributed by atoms with E-state index in [2.05, 4.69) is 6.92 Å². The average molecular weight is 317 g/mol. The summed E-state index contributed by atoms with van der Waals surface area (Å²) in [6.07, 6.45) is 5.75. The Hall–Kier alpha value is -1.93. The van der Waals surface area contributed by atoms with Gasteiger partial charge in [-0.25, -0.2) is 8.78 Å². The maximum atomic E-state index is 14.4. The van der Waals surface area contributed by atoms with Crippen LogP contribution in [-0.2, 0) is 0 Å². The van der Waals surface area contributed by atoms with Crippen molar-refractivity contribution in [3.05, 3.63) is 76.3 Å². The standard InChI is InChI=1S/C19H15ClF2/c1-12-2-4-13(5-3-12)16-8-6-14(10-18(16)21)17-9-7-15(20)11-19(17)22/h2,4,6-11H,3,5H2,1H3. The molecular weight excluding hydrogens is 302 g/mol. The second-order valence-corrected chi connectivity index (χ2v) is 5.96. The Morgan fingerprint density at radius 1 is 0.864 bits per heavy atom. The number of hydrogen-bond acceptors (Lipinski definition) is 0. The van der Waals surface area contributed by atoms with Crippen LogP contribution in [0.1, 0.15) is 25.3 Å². The van der Waals surface area contributed by atoms with Crippen LogP contribution in [0.2, 0.25) is 5.02 Å². The predicted octanol–water partition coefficient (Wildman–Crippen LogP) is 6.41. The number of benzene rings is 2. The molecule has 0 N–H and O–H groups in total. The fraction of sp³-hybridized carbons (Fsp3) is 0.158. The third-order valence-electron chi connectivity index (χ3n) is 3.91. The number of hydrogen-bond donors (Lipinski definition) is 0. The van der Waals surface area contributed by atoms with Gasteiger partial charge in [0.1, 0.15) is 11.6 Å². The molecule has 1 aliphatic carbocycles. The van der Waals surface area contributed by atoms with E-state index in [4.69, 9.17) is 11.6 Å². The summed E-state index contributed by atoms with van der Waals surface area (Å²) in [6.45, 7) is 2.07. The predicted molar refractivity (Wildman–Crippen MR) is 87.8 cm³/mol. The van der Waals surface area contributed by atoms with Crippen LogP contribution in [0.25, 0.3) is 16.7 Å². The van der Waals surface area contributed by atoms with E-state index in [1.54, 1.807) is 24.3 Å². The Bertz CT molecular complexity index is 788. The van der Waals surface area contributed by atoms with Crippen LogP contribution in [0, 0.1) is 11.6 Å². The average Bonchev–Trinajstić information content (AvgIpc) is 2.48. The molecule has 112 valence electrons. The summed E-state index contributed by atoms with van der Waals surface area (Å²) >= 11 is 5.75. The van der Waals surface area contributed by atoms with Crippen molar-refractivity contribution in [2.24, 2.45) is 0 Å². The van der Waals surface area contributed by atoms with Crippen molar-refractivity contribution in [3.8, 4) is 11.1 Å². The van der Waals surface area contributed by atoms with Crippen LogP contribution in [0.3, 0.4) is 0 Å². The van der Waals surface area contributed by atoms with Crippen LogP contribution in [0.5, 0.6) is 0 Å². The minimum atomic E-state index is -0.449. The van der Waals surface area contributed by atoms with E-state index in [1.165, 1.54) is 17.7 Å². The minimum Gasteiger partial charge on any atom is -0.206 e. The molecule has 2 aromatic carbocycles. The Labute approximate surface area is 133 Å². The van der Waals surface area contributed by atoms with Gasteiger partial charge >= 0.3 is 0 Å². The largest absolute Gasteiger partial charge is 0.206 e. The number of allylic oxidation sites excluding steroid dienone is 4. The van der Waals surface area contributed by atoms with Crippen molar-refractivity contribution in [1.82, 2.24) is 0 Å². The van der Waals surface area contributed by atoms with E-state index < -0.39 is 5.82 Å². The van der Waals surface area contributed by atoms with Crippen molar-refractivity contribution >= 4 is 17.2 Å². The molecule has 0 spiro atoms. The minimum absolute atomic E-state index is 0.327. The summed E-state index contributed by atoms with van der Waals surface area (Å²) in [7, 11) is 0. The maximum absolute atomic E-state index is 14.4. The van der Waals surface area contributed by atoms with Gasteiger partial charge in [0.25, 0.3) is 0 Å². The zero-order valence-electron chi connectivity index (χ0n) is 12.2. The van der Waals surface area contributed by atoms with E-state index in [1.807, 2.05) is 12.2 Å². The summed E-state index contributed by atoms with van der Waals surface area (Å²) < 4.78 is 28.4. The fourth-order valence-corrected chi connectivity index (χ4v) is 2.79. The lowest BCUT2D eigenvalue weighted by Crippen LogP contribution is -1.95. The lowest BCUT2D eigenvalue weighted by atomic mass is 9.92. The molecule has 0 unspecified atom stereocenters. The highest BCUT2D eigenvalue weighted by Gasteiger charge is 2.13. The first-order valence-corrected chi connectivity index (χ1v) is 7.54. The lowest BCUT2D eigenvalue weighted by Gasteiger charge is -2.14. The summed E-state index contributed by atoms with van der Waals surface area (Å²) in [4.78, 5) is 0. The molecule has 0 saturated heterocycles. The summed E-state index contributed by atoms with van der Waals surface area (Å²) in [5.74, 6) is -0.777. The van der Waals surface area contributed by atoms with Crippen LogP contribution in [0.15, 0.2) is 54.1 Å². The van der Waals surface area contributed by atoms with Crippen LogP contribution in [0.4, 0.5) is 8.78 Å². The third kappa shape index (κ3) is 2.97. The van der Waals surface area contributed by atoms with Crippen molar-refractivity contribution in [2.75, 3.05) is 0 Å². The Morgan fingerprint density at radius 3 is 2.23 bits per heavy atom. The Morgan fingerprint density at radius 2 is 1.59 bits per heavy atom. The maximum Gasteiger partial charge on any atom is 0.132 e. The van der Waals surface area contributed by atoms with E-state index in [0.29, 0.717) is 21.7 Å². The molecule has 0 saturated carbocycles. The normalized spacial score (nSPS) is 14.5. The molecule has 0 nitrogen and oxygen atoms in total. The van der Waals surface area contributed by atoms with Crippen molar-refractivity contribution in [1.29, 1.82) is 0 Å². The van der Waals surface area contributed by atoms with Gasteiger partial charge in [0, 0.05) is 16.1 Å². The molecule has 0 amide bonds. The molecule has 3 heteroatoms. The van der Waals surface area contributed by atoms with Crippen LogP contribution >= 0.6 is 11.6 Å². The second kappa shape index (κ2) is 6.05. The van der Waals surface area contributed by atoms with Gasteiger partial charge in [-0.1, -0.05) is 41.5 Å². The summed E-state index contributed by atoms with van der Waals surface area (Å²) in [5.41, 5.74) is 3.72. The molecule has 0 heterocycles. The molecule has 0 radical (unpaired) electrons. The first-order valence-electron chi connectivity index (χ1n) is 7.16. The smallest absolute Gasteiger partial charge is 0.132 e. The van der Waals surface area contributed by atoms with Gasteiger partial charge in [-0.2, -0.15) is 0 Å². The molecular formula is C19H15ClF2. The first-order chi connectivity index (χ1) is 10.5. The van der Waals surface area contributed by atoms with E-state index in [-0.39, 0.29) is 5.82 Å². The molecule has 22 heavy (non-hydrogen) atoms. The summed E-state index contributed by atoms with van der Waals surface area (Å²) in [5, 5.41) is 0.327. The highest BCUT2D eigenvalue weighted by atomic mass is 35.5. The zero-order valence-corrected chi connectivity index (χ0v) is 12.9. The van der Waals surface area contributed by atoms with E-state index in [9.17, 15) is 8.78 Å². The Kier molecular flexibility index (Phi) is 4.12. The molecule has 3 rings (SSSR count).